The molecule has 0 rings (SSSR count). The van der Waals surface area contributed by atoms with Crippen molar-refractivity contribution in [2.24, 2.45) is 0 Å². The van der Waals surface area contributed by atoms with Crippen molar-refractivity contribution in [1.82, 2.24) is 5.32 Å². The Balaban J connectivity index is 4.22. The summed E-state index contributed by atoms with van der Waals surface area (Å²) >= 11 is 0. The van der Waals surface area contributed by atoms with E-state index in [0.29, 0.717) is 0 Å². The van der Waals surface area contributed by atoms with E-state index in [4.69, 9.17) is 5.26 Å². The van der Waals surface area contributed by atoms with Crippen LogP contribution in [0, 0.1) is 0 Å². The summed E-state index contributed by atoms with van der Waals surface area (Å²) in [6, 6.07) is 0. The molecule has 0 fully saturated rings. The van der Waals surface area contributed by atoms with Crippen LogP contribution in [0.4, 0.5) is 0 Å². The molecule has 5 nitrogen and oxygen atoms in total. The number of rotatable bonds is 5. The van der Waals surface area contributed by atoms with Gasteiger partial charge in [0.2, 0.25) is 5.72 Å². The van der Waals surface area contributed by atoms with E-state index in [-0.39, 0.29) is 13.0 Å². The van der Waals surface area contributed by atoms with Gasteiger partial charge < -0.3 is 5.11 Å². The molecule has 3 N–H and O–H groups in total. The molecule has 0 aliphatic heterocycles. The van der Waals surface area contributed by atoms with Gasteiger partial charge in [-0.3, -0.25) is 10.2 Å². The summed E-state index contributed by atoms with van der Waals surface area (Å²) in [6.07, 6.45) is 1.57. The molecule has 1 atom stereocenters. The Morgan fingerprint density at radius 3 is 2.75 bits per heavy atom. The van der Waals surface area contributed by atoms with E-state index < -0.39 is 11.7 Å². The highest BCUT2D eigenvalue weighted by Gasteiger charge is 2.35. The van der Waals surface area contributed by atoms with E-state index in [1.54, 1.807) is 6.92 Å². The lowest BCUT2D eigenvalue weighted by Gasteiger charge is -2.22. The number of hydrogen-bond acceptors (Lipinski definition) is 5. The molecule has 0 saturated heterocycles. The van der Waals surface area contributed by atoms with Gasteiger partial charge in [0, 0.05) is 6.54 Å². The Morgan fingerprint density at radius 1 is 1.83 bits per heavy atom. The van der Waals surface area contributed by atoms with Crippen LogP contribution in [0.3, 0.4) is 0 Å². The minimum Gasteiger partial charge on any atom is -0.366 e. The summed E-state index contributed by atoms with van der Waals surface area (Å²) in [5.41, 5.74) is -1.83. The Bertz CT molecular complexity index is 171. The van der Waals surface area contributed by atoms with E-state index in [1.165, 1.54) is 6.08 Å². The van der Waals surface area contributed by atoms with Crippen molar-refractivity contribution in [3.05, 3.63) is 12.7 Å². The fourth-order valence-electron chi connectivity index (χ4n) is 0.658. The molecule has 0 saturated carbocycles. The van der Waals surface area contributed by atoms with Gasteiger partial charge in [-0.25, -0.2) is 4.79 Å². The number of aliphatic hydroxyl groups is 1. The topological polar surface area (TPSA) is 78.8 Å². The fourth-order valence-corrected chi connectivity index (χ4v) is 0.658. The number of carbonyl (C=O) groups excluding carboxylic acids is 1. The molecule has 1 unspecified atom stereocenters. The molecule has 0 spiro atoms. The zero-order valence-electron chi connectivity index (χ0n) is 6.91. The molecular formula is C7H13NO4. The number of nitrogens with one attached hydrogen (secondary N) is 1. The quantitative estimate of drug-likeness (QED) is 0.235. The predicted molar refractivity (Wildman–Crippen MR) is 42.2 cm³/mol. The average Bonchev–Trinajstić information content (AvgIpc) is 2.12. The molecule has 12 heavy (non-hydrogen) atoms. The summed E-state index contributed by atoms with van der Waals surface area (Å²) in [6.45, 7) is 5.22. The standard InChI is InChI=1S/C7H13NO4/c1-3-5-8-7(10,4-2)6(9)12-11/h3,8,10-11H,1,4-5H2,2H3. The van der Waals surface area contributed by atoms with Crippen LogP contribution in [-0.2, 0) is 9.68 Å². The van der Waals surface area contributed by atoms with Crippen LogP contribution < -0.4 is 5.32 Å². The molecule has 0 bridgehead atoms. The number of hydrogen-bond donors (Lipinski definition) is 3. The molecule has 0 amide bonds. The van der Waals surface area contributed by atoms with Crippen LogP contribution in [0.1, 0.15) is 13.3 Å². The molecule has 70 valence electrons. The largest absolute Gasteiger partial charge is 0.388 e. The first-order valence-corrected chi connectivity index (χ1v) is 3.55. The van der Waals surface area contributed by atoms with Gasteiger partial charge in [0.1, 0.15) is 0 Å². The zero-order valence-corrected chi connectivity index (χ0v) is 6.91. The van der Waals surface area contributed by atoms with Crippen LogP contribution in [0.15, 0.2) is 12.7 Å². The fraction of sp³-hybridized carbons (Fsp3) is 0.571. The second-order valence-corrected chi connectivity index (χ2v) is 2.26. The molecule has 0 aliphatic carbocycles. The number of carbonyl (C=O) groups is 1. The lowest BCUT2D eigenvalue weighted by molar-refractivity contribution is -0.254. The lowest BCUT2D eigenvalue weighted by Crippen LogP contribution is -2.52. The van der Waals surface area contributed by atoms with Crippen LogP contribution in [-0.4, -0.2) is 28.6 Å². The SMILES string of the molecule is C=CCNC(O)(CC)C(=O)OO. The highest BCUT2D eigenvalue weighted by molar-refractivity contribution is 5.77. The lowest BCUT2D eigenvalue weighted by atomic mass is 10.1. The summed E-state index contributed by atoms with van der Waals surface area (Å²) in [5.74, 6) is -1.12. The van der Waals surface area contributed by atoms with Gasteiger partial charge in [0.05, 0.1) is 0 Å². The monoisotopic (exact) mass is 175 g/mol. The van der Waals surface area contributed by atoms with Crippen molar-refractivity contribution < 1.29 is 20.0 Å². The van der Waals surface area contributed by atoms with Gasteiger partial charge in [-0.1, -0.05) is 13.0 Å². The first-order valence-electron chi connectivity index (χ1n) is 3.55. The molecule has 5 heteroatoms. The van der Waals surface area contributed by atoms with Gasteiger partial charge in [0.25, 0.3) is 0 Å². The summed E-state index contributed by atoms with van der Waals surface area (Å²) < 4.78 is 0. The van der Waals surface area contributed by atoms with Gasteiger partial charge in [-0.2, -0.15) is 5.26 Å². The highest BCUT2D eigenvalue weighted by Crippen LogP contribution is 2.06. The Hall–Kier alpha value is -0.910. The smallest absolute Gasteiger partial charge is 0.366 e. The van der Waals surface area contributed by atoms with Gasteiger partial charge >= 0.3 is 5.97 Å². The third kappa shape index (κ3) is 2.61. The molecule has 0 aromatic carbocycles. The van der Waals surface area contributed by atoms with E-state index in [1.807, 2.05) is 0 Å². The average molecular weight is 175 g/mol. The normalized spacial score (nSPS) is 14.9. The van der Waals surface area contributed by atoms with Crippen molar-refractivity contribution >= 4 is 5.97 Å². The molecule has 0 aromatic rings. The van der Waals surface area contributed by atoms with E-state index in [9.17, 15) is 9.90 Å². The zero-order chi connectivity index (χ0) is 9.61. The highest BCUT2D eigenvalue weighted by atomic mass is 17.1. The van der Waals surface area contributed by atoms with Crippen LogP contribution >= 0.6 is 0 Å². The molecular weight excluding hydrogens is 162 g/mol. The van der Waals surface area contributed by atoms with Gasteiger partial charge in [0.15, 0.2) is 0 Å². The van der Waals surface area contributed by atoms with Gasteiger partial charge in [-0.05, 0) is 6.42 Å². The van der Waals surface area contributed by atoms with Crippen molar-refractivity contribution in [2.45, 2.75) is 19.1 Å². The third-order valence-electron chi connectivity index (χ3n) is 1.47. The van der Waals surface area contributed by atoms with Crippen molar-refractivity contribution in [3.8, 4) is 0 Å². The second-order valence-electron chi connectivity index (χ2n) is 2.26. The minimum atomic E-state index is -1.83. The van der Waals surface area contributed by atoms with Crippen molar-refractivity contribution in [2.75, 3.05) is 6.54 Å². The first-order chi connectivity index (χ1) is 5.60. The molecule has 0 heterocycles. The molecule has 0 aromatic heterocycles. The maximum Gasteiger partial charge on any atom is 0.388 e. The minimum absolute atomic E-state index is 0.0975. The predicted octanol–water partition coefficient (Wildman–Crippen LogP) is -0.123. The summed E-state index contributed by atoms with van der Waals surface area (Å²) in [4.78, 5) is 14.2. The van der Waals surface area contributed by atoms with Crippen molar-refractivity contribution in [1.29, 1.82) is 0 Å². The Labute approximate surface area is 70.6 Å². The van der Waals surface area contributed by atoms with Crippen LogP contribution in [0.25, 0.3) is 0 Å². The summed E-state index contributed by atoms with van der Waals surface area (Å²) in [5, 5.41) is 19.9. The van der Waals surface area contributed by atoms with Crippen molar-refractivity contribution in [3.63, 3.8) is 0 Å². The Kier molecular flexibility index (Phi) is 4.50. The maximum atomic E-state index is 10.8. The summed E-state index contributed by atoms with van der Waals surface area (Å²) in [7, 11) is 0. The Morgan fingerprint density at radius 2 is 2.42 bits per heavy atom. The van der Waals surface area contributed by atoms with Crippen LogP contribution in [0.2, 0.25) is 0 Å². The van der Waals surface area contributed by atoms with E-state index in [0.717, 1.165) is 0 Å². The molecule has 0 aliphatic rings. The second kappa shape index (κ2) is 4.87. The first kappa shape index (κ1) is 11.1. The van der Waals surface area contributed by atoms with Gasteiger partial charge in [-0.15, -0.1) is 6.58 Å². The third-order valence-corrected chi connectivity index (χ3v) is 1.47. The van der Waals surface area contributed by atoms with Crippen LogP contribution in [0.5, 0.6) is 0 Å². The van der Waals surface area contributed by atoms with E-state index in [2.05, 4.69) is 16.8 Å². The molecule has 0 radical (unpaired) electrons. The maximum absolute atomic E-state index is 10.8. The van der Waals surface area contributed by atoms with E-state index >= 15 is 0 Å².